The first-order valence-electron chi connectivity index (χ1n) is 9.07. The van der Waals surface area contributed by atoms with Crippen molar-refractivity contribution in [3.8, 4) is 0 Å². The highest BCUT2D eigenvalue weighted by Gasteiger charge is 2.35. The smallest absolute Gasteiger partial charge is 0.416 e. The molecule has 1 fully saturated rings. The fraction of sp³-hybridized carbons (Fsp3) is 0.300. The molecular weight excluding hydrogens is 524 g/mol. The molecule has 2 N–H and O–H groups in total. The number of hydrogen-bond acceptors (Lipinski definition) is 2. The predicted molar refractivity (Wildman–Crippen MR) is 114 cm³/mol. The SMILES string of the molecule is O=C(N[C@@H]1CCN(C(=O)O)C[C@H]1c1ccc(Cl)c(Cl)c1)c1cc(Br)cc(C(F)(F)F)c1. The van der Waals surface area contributed by atoms with Crippen molar-refractivity contribution in [2.75, 3.05) is 13.1 Å². The molecule has 1 heterocycles. The fourth-order valence-corrected chi connectivity index (χ4v) is 4.32. The summed E-state index contributed by atoms with van der Waals surface area (Å²) in [4.78, 5) is 25.5. The van der Waals surface area contributed by atoms with Crippen LogP contribution in [0.2, 0.25) is 10.0 Å². The molecule has 1 aliphatic rings. The number of carboxylic acid groups (broad SMARTS) is 1. The van der Waals surface area contributed by atoms with Gasteiger partial charge >= 0.3 is 12.3 Å². The monoisotopic (exact) mass is 538 g/mol. The van der Waals surface area contributed by atoms with Crippen LogP contribution in [0.5, 0.6) is 0 Å². The van der Waals surface area contributed by atoms with Crippen molar-refractivity contribution in [2.24, 2.45) is 0 Å². The highest BCUT2D eigenvalue weighted by Crippen LogP contribution is 2.34. The number of hydrogen-bond donors (Lipinski definition) is 2. The lowest BCUT2D eigenvalue weighted by molar-refractivity contribution is -0.137. The molecule has 2 atom stereocenters. The lowest BCUT2D eigenvalue weighted by Crippen LogP contribution is -2.51. The molecule has 166 valence electrons. The number of halogens is 6. The number of amides is 2. The maximum Gasteiger partial charge on any atom is 0.416 e. The van der Waals surface area contributed by atoms with Gasteiger partial charge in [-0.05, 0) is 42.3 Å². The van der Waals surface area contributed by atoms with Crippen LogP contribution in [0.15, 0.2) is 40.9 Å². The maximum atomic E-state index is 13.1. The Morgan fingerprint density at radius 2 is 1.84 bits per heavy atom. The molecule has 0 aliphatic carbocycles. The van der Waals surface area contributed by atoms with Gasteiger partial charge in [-0.25, -0.2) is 4.79 Å². The molecule has 3 rings (SSSR count). The third-order valence-electron chi connectivity index (χ3n) is 5.06. The summed E-state index contributed by atoms with van der Waals surface area (Å²) in [6.07, 6.45) is -5.42. The minimum Gasteiger partial charge on any atom is -0.465 e. The summed E-state index contributed by atoms with van der Waals surface area (Å²) in [7, 11) is 0. The van der Waals surface area contributed by atoms with Gasteiger partial charge in [-0.1, -0.05) is 45.2 Å². The summed E-state index contributed by atoms with van der Waals surface area (Å²) in [6.45, 7) is 0.259. The van der Waals surface area contributed by atoms with E-state index in [1.807, 2.05) is 0 Å². The zero-order valence-electron chi connectivity index (χ0n) is 15.7. The number of piperidine rings is 1. The third kappa shape index (κ3) is 5.64. The minimum absolute atomic E-state index is 0.0878. The van der Waals surface area contributed by atoms with Gasteiger partial charge < -0.3 is 15.3 Å². The Labute approximate surface area is 194 Å². The average Bonchev–Trinajstić information content (AvgIpc) is 2.69. The minimum atomic E-state index is -4.60. The van der Waals surface area contributed by atoms with E-state index in [4.69, 9.17) is 23.2 Å². The Morgan fingerprint density at radius 1 is 1.13 bits per heavy atom. The Bertz CT molecular complexity index is 1020. The Balaban J connectivity index is 1.89. The number of nitrogens with zero attached hydrogens (tertiary/aromatic N) is 1. The number of rotatable bonds is 3. The van der Waals surface area contributed by atoms with Crippen LogP contribution in [0, 0.1) is 0 Å². The molecular formula is C20H16BrCl2F3N2O3. The normalized spacial score (nSPS) is 19.2. The standard InChI is InChI=1S/C20H16BrCl2F3N2O3/c21-13-6-11(5-12(8-13)20(24,25)26)18(29)27-17-3-4-28(19(30)31)9-14(17)10-1-2-15(22)16(23)7-10/h1-2,5-8,14,17H,3-4,9H2,(H,27,29)(H,30,31)/t14-,17+/m0/s1. The van der Waals surface area contributed by atoms with Crippen LogP contribution in [-0.2, 0) is 6.18 Å². The molecule has 0 spiro atoms. The Morgan fingerprint density at radius 3 is 2.45 bits per heavy atom. The van der Waals surface area contributed by atoms with E-state index in [1.54, 1.807) is 18.2 Å². The van der Waals surface area contributed by atoms with E-state index in [0.29, 0.717) is 10.6 Å². The number of likely N-dealkylation sites (tertiary alicyclic amines) is 1. The zero-order chi connectivity index (χ0) is 22.9. The van der Waals surface area contributed by atoms with Gasteiger partial charge in [-0.2, -0.15) is 13.2 Å². The van der Waals surface area contributed by atoms with E-state index >= 15 is 0 Å². The van der Waals surface area contributed by atoms with Gasteiger partial charge in [-0.15, -0.1) is 0 Å². The van der Waals surface area contributed by atoms with E-state index in [9.17, 15) is 27.9 Å². The van der Waals surface area contributed by atoms with Crippen molar-refractivity contribution >= 4 is 51.1 Å². The molecule has 5 nitrogen and oxygen atoms in total. The summed E-state index contributed by atoms with van der Waals surface area (Å²) in [6, 6.07) is 7.30. The van der Waals surface area contributed by atoms with Crippen molar-refractivity contribution in [3.05, 3.63) is 67.6 Å². The van der Waals surface area contributed by atoms with Crippen LogP contribution >= 0.6 is 39.1 Å². The van der Waals surface area contributed by atoms with E-state index < -0.39 is 35.7 Å². The summed E-state index contributed by atoms with van der Waals surface area (Å²) in [5, 5.41) is 12.7. The lowest BCUT2D eigenvalue weighted by atomic mass is 9.86. The molecule has 2 amide bonds. The molecule has 11 heteroatoms. The van der Waals surface area contributed by atoms with Crippen LogP contribution in [-0.4, -0.2) is 41.1 Å². The van der Waals surface area contributed by atoms with Crippen LogP contribution in [0.1, 0.15) is 33.8 Å². The van der Waals surface area contributed by atoms with Gasteiger partial charge in [0.05, 0.1) is 15.6 Å². The van der Waals surface area contributed by atoms with Crippen LogP contribution in [0.4, 0.5) is 18.0 Å². The summed E-state index contributed by atoms with van der Waals surface area (Å²) < 4.78 is 39.4. The number of alkyl halides is 3. The zero-order valence-corrected chi connectivity index (χ0v) is 18.8. The van der Waals surface area contributed by atoms with E-state index in [1.165, 1.54) is 11.0 Å². The van der Waals surface area contributed by atoms with Crippen molar-refractivity contribution in [1.29, 1.82) is 0 Å². The summed E-state index contributed by atoms with van der Waals surface area (Å²) >= 11 is 15.1. The van der Waals surface area contributed by atoms with Gasteiger partial charge in [-0.3, -0.25) is 4.79 Å². The number of carbonyl (C=O) groups excluding carboxylic acids is 1. The molecule has 31 heavy (non-hydrogen) atoms. The molecule has 0 unspecified atom stereocenters. The largest absolute Gasteiger partial charge is 0.465 e. The fourth-order valence-electron chi connectivity index (χ4n) is 3.52. The average molecular weight is 540 g/mol. The molecule has 0 aromatic heterocycles. The van der Waals surface area contributed by atoms with Crippen LogP contribution in [0.3, 0.4) is 0 Å². The molecule has 1 saturated heterocycles. The molecule has 0 saturated carbocycles. The highest BCUT2D eigenvalue weighted by molar-refractivity contribution is 9.10. The number of nitrogens with one attached hydrogen (secondary N) is 1. The van der Waals surface area contributed by atoms with Crippen molar-refractivity contribution in [2.45, 2.75) is 24.6 Å². The van der Waals surface area contributed by atoms with Crippen molar-refractivity contribution in [3.63, 3.8) is 0 Å². The quantitative estimate of drug-likeness (QED) is 0.499. The Kier molecular flexibility index (Phi) is 7.08. The predicted octanol–water partition coefficient (Wildman–Crippen LogP) is 6.04. The van der Waals surface area contributed by atoms with E-state index in [2.05, 4.69) is 21.2 Å². The van der Waals surface area contributed by atoms with Gasteiger partial charge in [0, 0.05) is 35.1 Å². The number of benzene rings is 2. The molecule has 0 radical (unpaired) electrons. The second kappa shape index (κ2) is 9.26. The second-order valence-corrected chi connectivity index (χ2v) is 8.83. The molecule has 2 aromatic rings. The lowest BCUT2D eigenvalue weighted by Gasteiger charge is -2.38. The summed E-state index contributed by atoms with van der Waals surface area (Å²) in [5.41, 5.74) is -0.445. The van der Waals surface area contributed by atoms with Crippen molar-refractivity contribution in [1.82, 2.24) is 10.2 Å². The first kappa shape index (κ1) is 23.7. The molecule has 1 aliphatic heterocycles. The van der Waals surface area contributed by atoms with Gasteiger partial charge in [0.2, 0.25) is 0 Å². The maximum absolute atomic E-state index is 13.1. The van der Waals surface area contributed by atoms with Gasteiger partial charge in [0.15, 0.2) is 0 Å². The summed E-state index contributed by atoms with van der Waals surface area (Å²) in [5.74, 6) is -1.15. The first-order valence-corrected chi connectivity index (χ1v) is 10.6. The molecule has 2 aromatic carbocycles. The number of carbonyl (C=O) groups is 2. The van der Waals surface area contributed by atoms with E-state index in [-0.39, 0.29) is 34.6 Å². The van der Waals surface area contributed by atoms with Crippen molar-refractivity contribution < 1.29 is 27.9 Å². The van der Waals surface area contributed by atoms with Gasteiger partial charge in [0.25, 0.3) is 5.91 Å². The third-order valence-corrected chi connectivity index (χ3v) is 6.26. The molecule has 0 bridgehead atoms. The Hall–Kier alpha value is -1.97. The van der Waals surface area contributed by atoms with Crippen LogP contribution < -0.4 is 5.32 Å². The second-order valence-electron chi connectivity index (χ2n) is 7.10. The van der Waals surface area contributed by atoms with E-state index in [0.717, 1.165) is 12.1 Å². The highest BCUT2D eigenvalue weighted by atomic mass is 79.9. The topological polar surface area (TPSA) is 69.6 Å². The first-order chi connectivity index (χ1) is 14.5. The van der Waals surface area contributed by atoms with Gasteiger partial charge in [0.1, 0.15) is 0 Å². The van der Waals surface area contributed by atoms with Crippen LogP contribution in [0.25, 0.3) is 0 Å².